The molecule has 1 aliphatic heterocycles. The number of hydrogen-bond acceptors (Lipinski definition) is 4. The van der Waals surface area contributed by atoms with Crippen LogP contribution in [0.5, 0.6) is 0 Å². The average Bonchev–Trinajstić information content (AvgIpc) is 3.10. The largest absolute Gasteiger partial charge is 0.393 e. The summed E-state index contributed by atoms with van der Waals surface area (Å²) in [7, 11) is 0. The van der Waals surface area contributed by atoms with Gasteiger partial charge >= 0.3 is 0 Å². The molecule has 0 aliphatic carbocycles. The number of carbonyl (C=O) groups is 1. The van der Waals surface area contributed by atoms with Crippen LogP contribution < -0.4 is 0 Å². The highest BCUT2D eigenvalue weighted by Crippen LogP contribution is 2.24. The van der Waals surface area contributed by atoms with Crippen LogP contribution in [-0.4, -0.2) is 40.1 Å². The van der Waals surface area contributed by atoms with E-state index in [9.17, 15) is 9.90 Å². The molecule has 26 heavy (non-hydrogen) atoms. The molecule has 2 aromatic rings. The Morgan fingerprint density at radius 3 is 2.65 bits per heavy atom. The van der Waals surface area contributed by atoms with Crippen LogP contribution in [0.4, 0.5) is 0 Å². The number of rotatable bonds is 7. The number of nitrogens with zero attached hydrogens (tertiary/aromatic N) is 2. The van der Waals surface area contributed by atoms with Gasteiger partial charge < -0.3 is 10.0 Å². The molecule has 1 amide bonds. The molecule has 3 rings (SSSR count). The maximum Gasteiger partial charge on any atom is 0.222 e. The lowest BCUT2D eigenvalue weighted by Crippen LogP contribution is -2.41. The fourth-order valence-corrected chi connectivity index (χ4v) is 4.45. The Morgan fingerprint density at radius 1 is 1.27 bits per heavy atom. The first kappa shape index (κ1) is 19.1. The number of likely N-dealkylation sites (tertiary alicyclic amines) is 1. The van der Waals surface area contributed by atoms with E-state index in [4.69, 9.17) is 0 Å². The third-order valence-electron chi connectivity index (χ3n) is 5.42. The van der Waals surface area contributed by atoms with Gasteiger partial charge in [-0.1, -0.05) is 30.3 Å². The van der Waals surface area contributed by atoms with E-state index in [0.29, 0.717) is 12.3 Å². The van der Waals surface area contributed by atoms with E-state index in [2.05, 4.69) is 17.1 Å². The number of thiazole rings is 1. The van der Waals surface area contributed by atoms with Crippen molar-refractivity contribution in [1.82, 2.24) is 9.88 Å². The average molecular weight is 373 g/mol. The Morgan fingerprint density at radius 2 is 2.00 bits per heavy atom. The molecule has 0 saturated carbocycles. The SMILES string of the molecule is Cc1ncsc1CCC(=O)N1CCC(C(O)CCc2ccccc2)CC1. The minimum absolute atomic E-state index is 0.232. The van der Waals surface area contributed by atoms with Crippen molar-refractivity contribution in [3.8, 4) is 0 Å². The topological polar surface area (TPSA) is 53.4 Å². The smallest absolute Gasteiger partial charge is 0.222 e. The highest BCUT2D eigenvalue weighted by molar-refractivity contribution is 7.09. The summed E-state index contributed by atoms with van der Waals surface area (Å²) in [6.45, 7) is 3.54. The minimum Gasteiger partial charge on any atom is -0.393 e. The lowest BCUT2D eigenvalue weighted by Gasteiger charge is -2.34. The molecule has 1 aromatic heterocycles. The van der Waals surface area contributed by atoms with Gasteiger partial charge in [0.25, 0.3) is 0 Å². The molecule has 0 spiro atoms. The molecule has 0 bridgehead atoms. The molecule has 2 heterocycles. The number of hydrogen-bond donors (Lipinski definition) is 1. The number of amides is 1. The zero-order valence-electron chi connectivity index (χ0n) is 15.4. The van der Waals surface area contributed by atoms with Crippen LogP contribution in [0, 0.1) is 12.8 Å². The monoisotopic (exact) mass is 372 g/mol. The Labute approximate surface area is 159 Å². The molecular formula is C21H28N2O2S. The van der Waals surface area contributed by atoms with Gasteiger partial charge in [-0.15, -0.1) is 11.3 Å². The molecule has 5 heteroatoms. The molecule has 1 saturated heterocycles. The van der Waals surface area contributed by atoms with Crippen LogP contribution in [-0.2, 0) is 17.6 Å². The first-order valence-electron chi connectivity index (χ1n) is 9.52. The van der Waals surface area contributed by atoms with Crippen molar-refractivity contribution in [3.05, 3.63) is 52.0 Å². The summed E-state index contributed by atoms with van der Waals surface area (Å²) in [5.41, 5.74) is 4.16. The van der Waals surface area contributed by atoms with E-state index < -0.39 is 0 Å². The van der Waals surface area contributed by atoms with E-state index in [0.717, 1.165) is 50.9 Å². The second-order valence-corrected chi connectivity index (χ2v) is 8.11. The highest BCUT2D eigenvalue weighted by Gasteiger charge is 2.27. The second-order valence-electron chi connectivity index (χ2n) is 7.17. The third-order valence-corrected chi connectivity index (χ3v) is 6.41. The first-order chi connectivity index (χ1) is 12.6. The summed E-state index contributed by atoms with van der Waals surface area (Å²) < 4.78 is 0. The van der Waals surface area contributed by atoms with E-state index in [1.807, 2.05) is 35.5 Å². The fraction of sp³-hybridized carbons (Fsp3) is 0.524. The Balaban J connectivity index is 1.39. The van der Waals surface area contributed by atoms with E-state index in [1.165, 1.54) is 10.4 Å². The van der Waals surface area contributed by atoms with Crippen molar-refractivity contribution < 1.29 is 9.90 Å². The number of aromatic nitrogens is 1. The quantitative estimate of drug-likeness (QED) is 0.808. The predicted octanol–water partition coefficient (Wildman–Crippen LogP) is 3.62. The van der Waals surface area contributed by atoms with Crippen LogP contribution in [0.3, 0.4) is 0 Å². The normalized spacial score (nSPS) is 16.6. The lowest BCUT2D eigenvalue weighted by molar-refractivity contribution is -0.133. The number of piperidine rings is 1. The second kappa shape index (κ2) is 9.28. The van der Waals surface area contributed by atoms with Gasteiger partial charge in [0.05, 0.1) is 17.3 Å². The maximum absolute atomic E-state index is 12.4. The number of carbonyl (C=O) groups excluding carboxylic acids is 1. The number of aliphatic hydroxyl groups excluding tert-OH is 1. The predicted molar refractivity (Wildman–Crippen MR) is 105 cm³/mol. The molecule has 1 atom stereocenters. The third kappa shape index (κ3) is 5.15. The highest BCUT2D eigenvalue weighted by atomic mass is 32.1. The Hall–Kier alpha value is -1.72. The van der Waals surface area contributed by atoms with Gasteiger partial charge in [-0.2, -0.15) is 0 Å². The summed E-state index contributed by atoms with van der Waals surface area (Å²) in [5, 5.41) is 10.5. The molecule has 4 nitrogen and oxygen atoms in total. The number of aryl methyl sites for hydroxylation is 3. The van der Waals surface area contributed by atoms with E-state index in [-0.39, 0.29) is 12.0 Å². The number of benzene rings is 1. The Bertz CT molecular complexity index is 693. The summed E-state index contributed by atoms with van der Waals surface area (Å²) in [6.07, 6.45) is 4.59. The molecule has 1 N–H and O–H groups in total. The van der Waals surface area contributed by atoms with Crippen molar-refractivity contribution in [2.75, 3.05) is 13.1 Å². The standard InChI is InChI=1S/C21H28N2O2S/c1-16-20(26-15-22-16)9-10-21(25)23-13-11-18(12-14-23)19(24)8-7-17-5-3-2-4-6-17/h2-6,15,18-19,24H,7-14H2,1H3. The molecule has 1 aliphatic rings. The van der Waals surface area contributed by atoms with Crippen molar-refractivity contribution in [1.29, 1.82) is 0 Å². The number of aliphatic hydroxyl groups is 1. The Kier molecular flexibility index (Phi) is 6.80. The molecule has 1 unspecified atom stereocenters. The van der Waals surface area contributed by atoms with Gasteiger partial charge in [0.2, 0.25) is 5.91 Å². The minimum atomic E-state index is -0.271. The van der Waals surface area contributed by atoms with Crippen molar-refractivity contribution in [3.63, 3.8) is 0 Å². The zero-order chi connectivity index (χ0) is 18.4. The van der Waals surface area contributed by atoms with Gasteiger partial charge in [0.1, 0.15) is 0 Å². The van der Waals surface area contributed by atoms with Crippen molar-refractivity contribution in [2.45, 2.75) is 51.6 Å². The van der Waals surface area contributed by atoms with Crippen molar-refractivity contribution in [2.24, 2.45) is 5.92 Å². The van der Waals surface area contributed by atoms with Gasteiger partial charge in [0, 0.05) is 24.4 Å². The van der Waals surface area contributed by atoms with Gasteiger partial charge in [-0.3, -0.25) is 4.79 Å². The molecule has 1 fully saturated rings. The van der Waals surface area contributed by atoms with Gasteiger partial charge in [-0.05, 0) is 50.5 Å². The molecule has 1 aromatic carbocycles. The van der Waals surface area contributed by atoms with Crippen LogP contribution in [0.15, 0.2) is 35.8 Å². The summed E-state index contributed by atoms with van der Waals surface area (Å²) in [4.78, 5) is 19.9. The first-order valence-corrected chi connectivity index (χ1v) is 10.4. The zero-order valence-corrected chi connectivity index (χ0v) is 16.3. The maximum atomic E-state index is 12.4. The summed E-state index contributed by atoms with van der Waals surface area (Å²) >= 11 is 1.63. The summed E-state index contributed by atoms with van der Waals surface area (Å²) in [5.74, 6) is 0.543. The van der Waals surface area contributed by atoms with Crippen LogP contribution in [0.25, 0.3) is 0 Å². The van der Waals surface area contributed by atoms with Crippen LogP contribution >= 0.6 is 11.3 Å². The van der Waals surface area contributed by atoms with Gasteiger partial charge in [0.15, 0.2) is 0 Å². The lowest BCUT2D eigenvalue weighted by atomic mass is 9.88. The van der Waals surface area contributed by atoms with Crippen LogP contribution in [0.1, 0.15) is 41.8 Å². The molecular weight excluding hydrogens is 344 g/mol. The van der Waals surface area contributed by atoms with Crippen molar-refractivity contribution >= 4 is 17.2 Å². The summed E-state index contributed by atoms with van der Waals surface area (Å²) in [6, 6.07) is 10.3. The van der Waals surface area contributed by atoms with E-state index in [1.54, 1.807) is 11.3 Å². The molecule has 0 radical (unpaired) electrons. The van der Waals surface area contributed by atoms with Crippen LogP contribution in [0.2, 0.25) is 0 Å². The fourth-order valence-electron chi connectivity index (χ4n) is 3.67. The van der Waals surface area contributed by atoms with Gasteiger partial charge in [-0.25, -0.2) is 4.98 Å². The molecule has 140 valence electrons. The van der Waals surface area contributed by atoms with E-state index >= 15 is 0 Å².